The van der Waals surface area contributed by atoms with Gasteiger partial charge < -0.3 is 15.3 Å². The molecule has 0 aromatic rings. The normalized spacial score (nSPS) is 25.3. The van der Waals surface area contributed by atoms with Gasteiger partial charge in [-0.3, -0.25) is 0 Å². The van der Waals surface area contributed by atoms with E-state index in [0.717, 1.165) is 13.0 Å². The number of rotatable bonds is 5. The first-order valence-corrected chi connectivity index (χ1v) is 6.43. The molecule has 16 heavy (non-hydrogen) atoms. The third-order valence-corrected chi connectivity index (χ3v) is 3.91. The zero-order chi connectivity index (χ0) is 12.2. The Bertz CT molecular complexity index is 212. The van der Waals surface area contributed by atoms with E-state index in [9.17, 15) is 5.11 Å². The zero-order valence-electron chi connectivity index (χ0n) is 11.3. The van der Waals surface area contributed by atoms with Crippen molar-refractivity contribution >= 4 is 0 Å². The lowest BCUT2D eigenvalue weighted by Crippen LogP contribution is -2.48. The molecule has 0 aromatic heterocycles. The number of piperidine rings is 1. The van der Waals surface area contributed by atoms with Crippen LogP contribution in [-0.4, -0.2) is 48.8 Å². The van der Waals surface area contributed by atoms with Gasteiger partial charge >= 0.3 is 0 Å². The monoisotopic (exact) mass is 228 g/mol. The second kappa shape index (κ2) is 5.48. The summed E-state index contributed by atoms with van der Waals surface area (Å²) in [6, 6.07) is 0. The minimum absolute atomic E-state index is 0.123. The van der Waals surface area contributed by atoms with Gasteiger partial charge in [-0.1, -0.05) is 13.8 Å². The standard InChI is InChI=1S/C13H28N2O/c1-12(2)6-5-8-15(10-12)9-7-13(3,11-16)14-4/h14,16H,5-11H2,1-4H3. The van der Waals surface area contributed by atoms with Crippen molar-refractivity contribution in [2.45, 2.75) is 45.6 Å². The number of nitrogens with one attached hydrogen (secondary N) is 1. The summed E-state index contributed by atoms with van der Waals surface area (Å²) in [5, 5.41) is 12.5. The molecule has 1 saturated heterocycles. The molecule has 2 N–H and O–H groups in total. The summed E-state index contributed by atoms with van der Waals surface area (Å²) in [6.45, 7) is 10.5. The van der Waals surface area contributed by atoms with Crippen molar-refractivity contribution in [3.8, 4) is 0 Å². The van der Waals surface area contributed by atoms with Crippen LogP contribution in [0.25, 0.3) is 0 Å². The molecule has 1 heterocycles. The molecule has 3 heteroatoms. The average Bonchev–Trinajstić information content (AvgIpc) is 2.25. The van der Waals surface area contributed by atoms with Gasteiger partial charge in [0, 0.05) is 12.1 Å². The molecule has 3 nitrogen and oxygen atoms in total. The highest BCUT2D eigenvalue weighted by Gasteiger charge is 2.28. The van der Waals surface area contributed by atoms with Crippen LogP contribution in [0.3, 0.4) is 0 Å². The van der Waals surface area contributed by atoms with E-state index in [1.165, 1.54) is 25.9 Å². The smallest absolute Gasteiger partial charge is 0.0610 e. The Morgan fingerprint density at radius 3 is 2.62 bits per heavy atom. The van der Waals surface area contributed by atoms with Gasteiger partial charge in [-0.15, -0.1) is 0 Å². The molecule has 1 aliphatic heterocycles. The van der Waals surface area contributed by atoms with Gasteiger partial charge in [-0.25, -0.2) is 0 Å². The first kappa shape index (κ1) is 13.9. The number of likely N-dealkylation sites (N-methyl/N-ethyl adjacent to an activating group) is 1. The van der Waals surface area contributed by atoms with Crippen LogP contribution < -0.4 is 5.32 Å². The minimum Gasteiger partial charge on any atom is -0.394 e. The van der Waals surface area contributed by atoms with Crippen molar-refractivity contribution in [1.82, 2.24) is 10.2 Å². The summed E-state index contributed by atoms with van der Waals surface area (Å²) in [4.78, 5) is 2.54. The largest absolute Gasteiger partial charge is 0.394 e. The molecule has 1 atom stereocenters. The number of hydrogen-bond donors (Lipinski definition) is 2. The van der Waals surface area contributed by atoms with Crippen LogP contribution in [0.15, 0.2) is 0 Å². The third kappa shape index (κ3) is 4.04. The van der Waals surface area contributed by atoms with Crippen LogP contribution in [-0.2, 0) is 0 Å². The van der Waals surface area contributed by atoms with Crippen molar-refractivity contribution in [2.24, 2.45) is 5.41 Å². The Hall–Kier alpha value is -0.120. The van der Waals surface area contributed by atoms with Crippen LogP contribution >= 0.6 is 0 Å². The highest BCUT2D eigenvalue weighted by atomic mass is 16.3. The summed E-state index contributed by atoms with van der Waals surface area (Å²) < 4.78 is 0. The molecule has 0 saturated carbocycles. The molecule has 0 aromatic carbocycles. The number of nitrogens with zero attached hydrogens (tertiary/aromatic N) is 1. The molecule has 0 aliphatic carbocycles. The second-order valence-electron chi connectivity index (χ2n) is 6.26. The van der Waals surface area contributed by atoms with E-state index in [-0.39, 0.29) is 12.1 Å². The van der Waals surface area contributed by atoms with Crippen LogP contribution in [0.4, 0.5) is 0 Å². The van der Waals surface area contributed by atoms with E-state index in [0.29, 0.717) is 5.41 Å². The quantitative estimate of drug-likeness (QED) is 0.748. The molecular weight excluding hydrogens is 200 g/mol. The summed E-state index contributed by atoms with van der Waals surface area (Å²) in [7, 11) is 1.93. The number of likely N-dealkylation sites (tertiary alicyclic amines) is 1. The fourth-order valence-electron chi connectivity index (χ4n) is 2.42. The predicted molar refractivity (Wildman–Crippen MR) is 68.6 cm³/mol. The van der Waals surface area contributed by atoms with Crippen molar-refractivity contribution in [3.63, 3.8) is 0 Å². The van der Waals surface area contributed by atoms with E-state index < -0.39 is 0 Å². The van der Waals surface area contributed by atoms with E-state index >= 15 is 0 Å². The van der Waals surface area contributed by atoms with Gasteiger partial charge in [0.2, 0.25) is 0 Å². The van der Waals surface area contributed by atoms with Gasteiger partial charge in [-0.05, 0) is 51.7 Å². The Morgan fingerprint density at radius 2 is 2.12 bits per heavy atom. The number of aliphatic hydroxyl groups excluding tert-OH is 1. The zero-order valence-corrected chi connectivity index (χ0v) is 11.3. The maximum absolute atomic E-state index is 9.34. The Balaban J connectivity index is 2.37. The average molecular weight is 228 g/mol. The molecule has 0 amide bonds. The molecule has 0 bridgehead atoms. The Kier molecular flexibility index (Phi) is 4.77. The molecule has 0 spiro atoms. The topological polar surface area (TPSA) is 35.5 Å². The third-order valence-electron chi connectivity index (χ3n) is 3.91. The fraction of sp³-hybridized carbons (Fsp3) is 1.00. The van der Waals surface area contributed by atoms with Gasteiger partial charge in [0.1, 0.15) is 0 Å². The van der Waals surface area contributed by atoms with Crippen molar-refractivity contribution in [2.75, 3.05) is 33.3 Å². The van der Waals surface area contributed by atoms with Gasteiger partial charge in [-0.2, -0.15) is 0 Å². The molecule has 1 aliphatic rings. The summed E-state index contributed by atoms with van der Waals surface area (Å²) in [6.07, 6.45) is 3.66. The Labute approximate surface area is 100 Å². The summed E-state index contributed by atoms with van der Waals surface area (Å²) in [5.41, 5.74) is 0.342. The molecule has 1 fully saturated rings. The van der Waals surface area contributed by atoms with Crippen LogP contribution in [0.1, 0.15) is 40.0 Å². The number of aliphatic hydroxyl groups is 1. The molecule has 96 valence electrons. The lowest BCUT2D eigenvalue weighted by Gasteiger charge is -2.39. The van der Waals surface area contributed by atoms with Gasteiger partial charge in [0.05, 0.1) is 6.61 Å². The van der Waals surface area contributed by atoms with E-state index in [1.54, 1.807) is 0 Å². The van der Waals surface area contributed by atoms with Crippen molar-refractivity contribution in [3.05, 3.63) is 0 Å². The highest BCUT2D eigenvalue weighted by molar-refractivity contribution is 4.85. The predicted octanol–water partition coefficient (Wildman–Crippen LogP) is 1.47. The summed E-state index contributed by atoms with van der Waals surface area (Å²) in [5.74, 6) is 0. The maximum Gasteiger partial charge on any atom is 0.0610 e. The molecular formula is C13H28N2O. The van der Waals surface area contributed by atoms with Crippen LogP contribution in [0, 0.1) is 5.41 Å². The van der Waals surface area contributed by atoms with Crippen molar-refractivity contribution in [1.29, 1.82) is 0 Å². The molecule has 1 rings (SSSR count). The first-order chi connectivity index (χ1) is 7.41. The fourth-order valence-corrected chi connectivity index (χ4v) is 2.42. The van der Waals surface area contributed by atoms with E-state index in [1.807, 2.05) is 7.05 Å². The van der Waals surface area contributed by atoms with E-state index in [4.69, 9.17) is 0 Å². The first-order valence-electron chi connectivity index (χ1n) is 6.43. The lowest BCUT2D eigenvalue weighted by molar-refractivity contribution is 0.0955. The highest BCUT2D eigenvalue weighted by Crippen LogP contribution is 2.28. The van der Waals surface area contributed by atoms with Crippen molar-refractivity contribution < 1.29 is 5.11 Å². The Morgan fingerprint density at radius 1 is 1.44 bits per heavy atom. The lowest BCUT2D eigenvalue weighted by atomic mass is 9.84. The van der Waals surface area contributed by atoms with E-state index in [2.05, 4.69) is 31.0 Å². The molecule has 1 unspecified atom stereocenters. The second-order valence-corrected chi connectivity index (χ2v) is 6.26. The number of hydrogen-bond acceptors (Lipinski definition) is 3. The maximum atomic E-state index is 9.34. The minimum atomic E-state index is -0.123. The van der Waals surface area contributed by atoms with Gasteiger partial charge in [0.15, 0.2) is 0 Å². The van der Waals surface area contributed by atoms with Crippen LogP contribution in [0.2, 0.25) is 0 Å². The molecule has 0 radical (unpaired) electrons. The van der Waals surface area contributed by atoms with Gasteiger partial charge in [0.25, 0.3) is 0 Å². The summed E-state index contributed by atoms with van der Waals surface area (Å²) >= 11 is 0. The van der Waals surface area contributed by atoms with Crippen LogP contribution in [0.5, 0.6) is 0 Å². The SMILES string of the molecule is CNC(C)(CO)CCN1CCCC(C)(C)C1.